The van der Waals surface area contributed by atoms with Crippen LogP contribution in [0.5, 0.6) is 23.0 Å². The lowest BCUT2D eigenvalue weighted by atomic mass is 10.2. The van der Waals surface area contributed by atoms with E-state index in [1.165, 1.54) is 32.4 Å². The number of hydrogen-bond donors (Lipinski definition) is 2. The summed E-state index contributed by atoms with van der Waals surface area (Å²) in [5, 5.41) is 9.17. The molecule has 0 saturated heterocycles. The van der Waals surface area contributed by atoms with Crippen molar-refractivity contribution >= 4 is 11.7 Å². The Balaban J connectivity index is 2.42. The molecular formula is C15H15NO5. The predicted molar refractivity (Wildman–Crippen MR) is 77.4 cm³/mol. The Hall–Kier alpha value is -2.89. The summed E-state index contributed by atoms with van der Waals surface area (Å²) in [6, 6.07) is 9.28. The molecule has 0 radical (unpaired) electrons. The molecule has 0 spiro atoms. The number of rotatable bonds is 5. The molecule has 0 aliphatic rings. The molecule has 0 saturated carbocycles. The van der Waals surface area contributed by atoms with Crippen LogP contribution in [0.1, 0.15) is 10.4 Å². The van der Waals surface area contributed by atoms with Crippen LogP contribution in [0.15, 0.2) is 36.4 Å². The number of anilines is 1. The number of nitrogens with two attached hydrogens (primary N) is 1. The maximum absolute atomic E-state index is 11.2. The summed E-state index contributed by atoms with van der Waals surface area (Å²) in [4.78, 5) is 11.2. The number of carboxylic acids is 1. The summed E-state index contributed by atoms with van der Waals surface area (Å²) in [6.07, 6.45) is 0. The van der Waals surface area contributed by atoms with Crippen LogP contribution >= 0.6 is 0 Å². The van der Waals surface area contributed by atoms with E-state index >= 15 is 0 Å². The molecule has 21 heavy (non-hydrogen) atoms. The van der Waals surface area contributed by atoms with Gasteiger partial charge in [0.1, 0.15) is 28.6 Å². The third kappa shape index (κ3) is 3.36. The van der Waals surface area contributed by atoms with Crippen molar-refractivity contribution in [2.45, 2.75) is 0 Å². The highest BCUT2D eigenvalue weighted by Gasteiger charge is 2.13. The topological polar surface area (TPSA) is 91.0 Å². The lowest BCUT2D eigenvalue weighted by molar-refractivity contribution is 0.0694. The molecule has 0 amide bonds. The fourth-order valence-electron chi connectivity index (χ4n) is 1.77. The average Bonchev–Trinajstić information content (AvgIpc) is 2.46. The normalized spacial score (nSPS) is 10.0. The molecule has 2 aromatic carbocycles. The molecule has 0 atom stereocenters. The summed E-state index contributed by atoms with van der Waals surface area (Å²) < 4.78 is 15.9. The van der Waals surface area contributed by atoms with Gasteiger partial charge in [-0.2, -0.15) is 0 Å². The Kier molecular flexibility index (Phi) is 4.18. The number of hydrogen-bond acceptors (Lipinski definition) is 5. The van der Waals surface area contributed by atoms with Crippen molar-refractivity contribution in [1.82, 2.24) is 0 Å². The Bertz CT molecular complexity index is 647. The van der Waals surface area contributed by atoms with Crippen molar-refractivity contribution in [1.29, 1.82) is 0 Å². The molecule has 0 aliphatic heterocycles. The monoisotopic (exact) mass is 289 g/mol. The highest BCUT2D eigenvalue weighted by atomic mass is 16.5. The molecule has 0 bridgehead atoms. The fourth-order valence-corrected chi connectivity index (χ4v) is 1.77. The number of benzene rings is 2. The summed E-state index contributed by atoms with van der Waals surface area (Å²) in [6.45, 7) is 0. The minimum absolute atomic E-state index is 0.0194. The van der Waals surface area contributed by atoms with Crippen molar-refractivity contribution in [2.75, 3.05) is 20.0 Å². The zero-order chi connectivity index (χ0) is 15.4. The van der Waals surface area contributed by atoms with Gasteiger partial charge in [0.15, 0.2) is 0 Å². The van der Waals surface area contributed by atoms with Gasteiger partial charge in [0.05, 0.1) is 14.2 Å². The second-order valence-electron chi connectivity index (χ2n) is 4.21. The first-order valence-corrected chi connectivity index (χ1v) is 6.07. The van der Waals surface area contributed by atoms with E-state index in [1.807, 2.05) is 0 Å². The van der Waals surface area contributed by atoms with E-state index in [2.05, 4.69) is 0 Å². The minimum atomic E-state index is -1.10. The van der Waals surface area contributed by atoms with E-state index in [0.29, 0.717) is 22.9 Å². The maximum Gasteiger partial charge on any atom is 0.339 e. The predicted octanol–water partition coefficient (Wildman–Crippen LogP) is 2.78. The number of ether oxygens (including phenoxy) is 3. The number of carbonyl (C=O) groups is 1. The highest BCUT2D eigenvalue weighted by molar-refractivity contribution is 5.91. The molecule has 2 rings (SSSR count). The molecular weight excluding hydrogens is 274 g/mol. The maximum atomic E-state index is 11.2. The molecule has 6 nitrogen and oxygen atoms in total. The van der Waals surface area contributed by atoms with Crippen LogP contribution in [0.4, 0.5) is 5.69 Å². The highest BCUT2D eigenvalue weighted by Crippen LogP contribution is 2.33. The Morgan fingerprint density at radius 3 is 2.10 bits per heavy atom. The molecule has 0 fully saturated rings. The molecule has 0 heterocycles. The van der Waals surface area contributed by atoms with Gasteiger partial charge >= 0.3 is 5.97 Å². The molecule has 0 unspecified atom stereocenters. The van der Waals surface area contributed by atoms with Crippen molar-refractivity contribution in [3.8, 4) is 23.0 Å². The molecule has 110 valence electrons. The fraction of sp³-hybridized carbons (Fsp3) is 0.133. The first-order valence-electron chi connectivity index (χ1n) is 6.07. The number of methoxy groups -OCH3 is 2. The van der Waals surface area contributed by atoms with Crippen LogP contribution in [-0.2, 0) is 0 Å². The average molecular weight is 289 g/mol. The van der Waals surface area contributed by atoms with Gasteiger partial charge in [-0.15, -0.1) is 0 Å². The van der Waals surface area contributed by atoms with Gasteiger partial charge in [-0.05, 0) is 12.1 Å². The summed E-state index contributed by atoms with van der Waals surface area (Å²) in [5.41, 5.74) is 6.10. The van der Waals surface area contributed by atoms with Crippen LogP contribution in [-0.4, -0.2) is 25.3 Å². The van der Waals surface area contributed by atoms with Crippen LogP contribution < -0.4 is 19.9 Å². The molecule has 3 N–H and O–H groups in total. The van der Waals surface area contributed by atoms with Crippen LogP contribution in [0.3, 0.4) is 0 Å². The van der Waals surface area contributed by atoms with Crippen molar-refractivity contribution < 1.29 is 24.1 Å². The van der Waals surface area contributed by atoms with E-state index < -0.39 is 5.97 Å². The number of carboxylic acid groups (broad SMARTS) is 1. The molecule has 2 aromatic rings. The van der Waals surface area contributed by atoms with E-state index in [-0.39, 0.29) is 11.3 Å². The lowest BCUT2D eigenvalue weighted by Crippen LogP contribution is -2.01. The third-order valence-electron chi connectivity index (χ3n) is 2.79. The molecule has 6 heteroatoms. The second kappa shape index (κ2) is 6.04. The van der Waals surface area contributed by atoms with Crippen LogP contribution in [0.2, 0.25) is 0 Å². The van der Waals surface area contributed by atoms with Gasteiger partial charge in [0.2, 0.25) is 0 Å². The van der Waals surface area contributed by atoms with Gasteiger partial charge in [-0.1, -0.05) is 0 Å². The summed E-state index contributed by atoms with van der Waals surface area (Å²) in [5.74, 6) is 0.507. The number of aromatic carboxylic acids is 1. The quantitative estimate of drug-likeness (QED) is 0.822. The Labute approximate surface area is 121 Å². The smallest absolute Gasteiger partial charge is 0.339 e. The molecule has 0 aliphatic carbocycles. The van der Waals surface area contributed by atoms with Crippen molar-refractivity contribution in [3.63, 3.8) is 0 Å². The Morgan fingerprint density at radius 1 is 1.00 bits per heavy atom. The van der Waals surface area contributed by atoms with E-state index in [4.69, 9.17) is 25.1 Å². The van der Waals surface area contributed by atoms with Gasteiger partial charge in [-0.3, -0.25) is 0 Å². The van der Waals surface area contributed by atoms with E-state index in [1.54, 1.807) is 18.2 Å². The summed E-state index contributed by atoms with van der Waals surface area (Å²) in [7, 11) is 3.03. The first-order chi connectivity index (χ1) is 10.0. The SMILES string of the molecule is COc1cc(OC)cc(Oc2cc(N)ccc2C(=O)O)c1. The minimum Gasteiger partial charge on any atom is -0.496 e. The first kappa shape index (κ1) is 14.5. The van der Waals surface area contributed by atoms with Crippen LogP contribution in [0.25, 0.3) is 0 Å². The number of nitrogen functional groups attached to an aromatic ring is 1. The van der Waals surface area contributed by atoms with Gasteiger partial charge < -0.3 is 25.1 Å². The molecule has 0 aromatic heterocycles. The van der Waals surface area contributed by atoms with Gasteiger partial charge in [-0.25, -0.2) is 4.79 Å². The zero-order valence-corrected chi connectivity index (χ0v) is 11.6. The zero-order valence-electron chi connectivity index (χ0n) is 11.6. The third-order valence-corrected chi connectivity index (χ3v) is 2.79. The summed E-state index contributed by atoms with van der Waals surface area (Å²) >= 11 is 0. The second-order valence-corrected chi connectivity index (χ2v) is 4.21. The van der Waals surface area contributed by atoms with E-state index in [9.17, 15) is 4.79 Å². The largest absolute Gasteiger partial charge is 0.496 e. The van der Waals surface area contributed by atoms with Crippen molar-refractivity contribution in [2.24, 2.45) is 0 Å². The Morgan fingerprint density at radius 2 is 1.57 bits per heavy atom. The van der Waals surface area contributed by atoms with Crippen molar-refractivity contribution in [3.05, 3.63) is 42.0 Å². The van der Waals surface area contributed by atoms with Gasteiger partial charge in [0.25, 0.3) is 0 Å². The van der Waals surface area contributed by atoms with E-state index in [0.717, 1.165) is 0 Å². The standard InChI is InChI=1S/C15H15NO5/c1-19-10-6-11(20-2)8-12(7-10)21-14-5-9(16)3-4-13(14)15(17)18/h3-8H,16H2,1-2H3,(H,17,18). The van der Waals surface area contributed by atoms with Gasteiger partial charge in [0, 0.05) is 30.0 Å². The lowest BCUT2D eigenvalue weighted by Gasteiger charge is -2.12. The van der Waals surface area contributed by atoms with Crippen LogP contribution in [0, 0.1) is 0 Å².